The molecule has 0 saturated carbocycles. The molecule has 1 fully saturated rings. The van der Waals surface area contributed by atoms with Crippen molar-refractivity contribution in [3.8, 4) is 11.5 Å². The van der Waals surface area contributed by atoms with Crippen molar-refractivity contribution in [1.82, 2.24) is 9.80 Å². The molecule has 1 aromatic carbocycles. The number of amides is 2. The molecule has 1 atom stereocenters. The number of nitrogens with zero attached hydrogens (tertiary/aromatic N) is 2. The van der Waals surface area contributed by atoms with Crippen LogP contribution in [0.25, 0.3) is 0 Å². The van der Waals surface area contributed by atoms with Crippen LogP contribution in [0.3, 0.4) is 0 Å². The van der Waals surface area contributed by atoms with Crippen LogP contribution >= 0.6 is 12.4 Å². The van der Waals surface area contributed by atoms with Crippen molar-refractivity contribution >= 4 is 24.2 Å². The Morgan fingerprint density at radius 3 is 2.42 bits per heavy atom. The van der Waals surface area contributed by atoms with E-state index in [1.54, 1.807) is 28.0 Å². The van der Waals surface area contributed by atoms with E-state index >= 15 is 0 Å². The fraction of sp³-hybridized carbons (Fsp3) is 0.500. The molecular weight excluding hydrogens is 334 g/mol. The van der Waals surface area contributed by atoms with Crippen LogP contribution in [0.1, 0.15) is 23.7 Å². The summed E-state index contributed by atoms with van der Waals surface area (Å²) >= 11 is 0. The topological polar surface area (TPSA) is 85.1 Å². The van der Waals surface area contributed by atoms with E-state index < -0.39 is 0 Å². The molecule has 2 amide bonds. The zero-order valence-electron chi connectivity index (χ0n) is 13.6. The summed E-state index contributed by atoms with van der Waals surface area (Å²) in [6, 6.07) is 5.05. The first-order valence-electron chi connectivity index (χ1n) is 7.77. The maximum Gasteiger partial charge on any atom is 0.254 e. The second-order valence-corrected chi connectivity index (χ2v) is 5.92. The van der Waals surface area contributed by atoms with Crippen LogP contribution in [-0.4, -0.2) is 60.6 Å². The van der Waals surface area contributed by atoms with Crippen LogP contribution in [0.5, 0.6) is 11.5 Å². The lowest BCUT2D eigenvalue weighted by Crippen LogP contribution is -2.51. The lowest BCUT2D eigenvalue weighted by Gasteiger charge is -2.35. The summed E-state index contributed by atoms with van der Waals surface area (Å²) in [5.74, 6) is 1.26. The van der Waals surface area contributed by atoms with Gasteiger partial charge in [-0.25, -0.2) is 0 Å². The molecule has 132 valence electrons. The van der Waals surface area contributed by atoms with E-state index in [9.17, 15) is 9.59 Å². The van der Waals surface area contributed by atoms with E-state index in [4.69, 9.17) is 15.2 Å². The van der Waals surface area contributed by atoms with Crippen LogP contribution in [0.15, 0.2) is 18.2 Å². The van der Waals surface area contributed by atoms with Crippen LogP contribution in [0.2, 0.25) is 0 Å². The minimum Gasteiger partial charge on any atom is -0.454 e. The maximum absolute atomic E-state index is 12.6. The van der Waals surface area contributed by atoms with Crippen molar-refractivity contribution < 1.29 is 19.1 Å². The molecule has 8 heteroatoms. The van der Waals surface area contributed by atoms with Gasteiger partial charge in [-0.05, 0) is 25.1 Å². The summed E-state index contributed by atoms with van der Waals surface area (Å²) in [5.41, 5.74) is 6.24. The first kappa shape index (κ1) is 18.4. The normalized spacial score (nSPS) is 17.2. The van der Waals surface area contributed by atoms with Gasteiger partial charge in [0.25, 0.3) is 5.91 Å². The molecule has 0 aliphatic carbocycles. The third-order valence-electron chi connectivity index (χ3n) is 4.04. The van der Waals surface area contributed by atoms with Gasteiger partial charge in [-0.15, -0.1) is 12.4 Å². The van der Waals surface area contributed by atoms with Gasteiger partial charge in [0, 0.05) is 44.2 Å². The molecule has 0 spiro atoms. The minimum absolute atomic E-state index is 0. The number of halogens is 1. The average molecular weight is 356 g/mol. The smallest absolute Gasteiger partial charge is 0.254 e. The molecule has 2 aliphatic rings. The third-order valence-corrected chi connectivity index (χ3v) is 4.04. The monoisotopic (exact) mass is 355 g/mol. The van der Waals surface area contributed by atoms with Crippen LogP contribution in [-0.2, 0) is 4.79 Å². The van der Waals surface area contributed by atoms with Crippen molar-refractivity contribution in [3.63, 3.8) is 0 Å². The summed E-state index contributed by atoms with van der Waals surface area (Å²) in [7, 11) is 0. The number of nitrogens with two attached hydrogens (primary N) is 1. The van der Waals surface area contributed by atoms with Gasteiger partial charge in [-0.3, -0.25) is 9.59 Å². The first-order valence-corrected chi connectivity index (χ1v) is 7.77. The number of carbonyl (C=O) groups is 2. The van der Waals surface area contributed by atoms with Gasteiger partial charge in [-0.1, -0.05) is 0 Å². The van der Waals surface area contributed by atoms with Crippen molar-refractivity contribution in [2.45, 2.75) is 19.4 Å². The second-order valence-electron chi connectivity index (χ2n) is 5.92. The first-order chi connectivity index (χ1) is 11.0. The predicted molar refractivity (Wildman–Crippen MR) is 90.6 cm³/mol. The standard InChI is InChI=1S/C16H21N3O4.ClH/c1-11(17)8-15(20)18-4-6-19(7-5-18)16(21)12-2-3-13-14(9-12)23-10-22-13;/h2-3,9,11H,4-8,10,17H2,1H3;1H. The van der Waals surface area contributed by atoms with E-state index in [2.05, 4.69) is 0 Å². The van der Waals surface area contributed by atoms with Gasteiger partial charge in [0.2, 0.25) is 12.7 Å². The Kier molecular flexibility index (Phi) is 5.90. The zero-order chi connectivity index (χ0) is 16.4. The molecule has 3 rings (SSSR count). The molecule has 2 aliphatic heterocycles. The second kappa shape index (κ2) is 7.72. The average Bonchev–Trinajstić information content (AvgIpc) is 3.01. The molecule has 1 unspecified atom stereocenters. The van der Waals surface area contributed by atoms with E-state index in [-0.39, 0.29) is 37.1 Å². The quantitative estimate of drug-likeness (QED) is 0.869. The Morgan fingerprint density at radius 2 is 1.75 bits per heavy atom. The van der Waals surface area contributed by atoms with Crippen molar-refractivity contribution in [2.24, 2.45) is 5.73 Å². The van der Waals surface area contributed by atoms with Crippen molar-refractivity contribution in [3.05, 3.63) is 23.8 Å². The van der Waals surface area contributed by atoms with Crippen molar-refractivity contribution in [1.29, 1.82) is 0 Å². The summed E-state index contributed by atoms with van der Waals surface area (Å²) in [4.78, 5) is 28.1. The Balaban J connectivity index is 0.00000208. The van der Waals surface area contributed by atoms with Gasteiger partial charge in [0.1, 0.15) is 0 Å². The number of fused-ring (bicyclic) bond motifs is 1. The fourth-order valence-electron chi connectivity index (χ4n) is 2.78. The SMILES string of the molecule is CC(N)CC(=O)N1CCN(C(=O)c2ccc3c(c2)OCO3)CC1.Cl. The van der Waals surface area contributed by atoms with E-state index in [0.717, 1.165) is 0 Å². The van der Waals surface area contributed by atoms with Crippen LogP contribution in [0, 0.1) is 0 Å². The summed E-state index contributed by atoms with van der Waals surface area (Å²) < 4.78 is 10.6. The molecule has 0 aromatic heterocycles. The number of benzene rings is 1. The molecular formula is C16H22ClN3O4. The fourth-order valence-corrected chi connectivity index (χ4v) is 2.78. The summed E-state index contributed by atoms with van der Waals surface area (Å²) in [6.07, 6.45) is 0.343. The van der Waals surface area contributed by atoms with Gasteiger partial charge in [-0.2, -0.15) is 0 Å². The Morgan fingerprint density at radius 1 is 1.12 bits per heavy atom. The maximum atomic E-state index is 12.6. The molecule has 2 N–H and O–H groups in total. The van der Waals surface area contributed by atoms with E-state index in [0.29, 0.717) is 49.7 Å². The van der Waals surface area contributed by atoms with Crippen LogP contribution in [0.4, 0.5) is 0 Å². The lowest BCUT2D eigenvalue weighted by molar-refractivity contribution is -0.132. The number of ether oxygens (including phenoxy) is 2. The zero-order valence-corrected chi connectivity index (χ0v) is 14.4. The molecule has 24 heavy (non-hydrogen) atoms. The molecule has 2 heterocycles. The Labute approximate surface area is 147 Å². The van der Waals surface area contributed by atoms with Gasteiger partial charge < -0.3 is 25.0 Å². The number of carbonyl (C=O) groups excluding carboxylic acids is 2. The predicted octanol–water partition coefficient (Wildman–Crippen LogP) is 0.859. The van der Waals surface area contributed by atoms with E-state index in [1.165, 1.54) is 0 Å². The number of piperazine rings is 1. The number of rotatable bonds is 3. The lowest BCUT2D eigenvalue weighted by atomic mass is 10.1. The van der Waals surface area contributed by atoms with Gasteiger partial charge >= 0.3 is 0 Å². The molecule has 0 bridgehead atoms. The Hall–Kier alpha value is -1.99. The number of hydrogen-bond acceptors (Lipinski definition) is 5. The van der Waals surface area contributed by atoms with Gasteiger partial charge in [0.15, 0.2) is 11.5 Å². The highest BCUT2D eigenvalue weighted by atomic mass is 35.5. The van der Waals surface area contributed by atoms with Gasteiger partial charge in [0.05, 0.1) is 0 Å². The molecule has 1 aromatic rings. The van der Waals surface area contributed by atoms with Crippen molar-refractivity contribution in [2.75, 3.05) is 33.0 Å². The molecule has 0 radical (unpaired) electrons. The summed E-state index contributed by atoms with van der Waals surface area (Å²) in [5, 5.41) is 0. The van der Waals surface area contributed by atoms with Crippen LogP contribution < -0.4 is 15.2 Å². The third kappa shape index (κ3) is 3.91. The summed E-state index contributed by atoms with van der Waals surface area (Å²) in [6.45, 7) is 4.14. The largest absolute Gasteiger partial charge is 0.454 e. The molecule has 7 nitrogen and oxygen atoms in total. The number of hydrogen-bond donors (Lipinski definition) is 1. The highest BCUT2D eigenvalue weighted by Gasteiger charge is 2.26. The molecule has 1 saturated heterocycles. The van der Waals surface area contributed by atoms with E-state index in [1.807, 2.05) is 6.92 Å². The highest BCUT2D eigenvalue weighted by molar-refractivity contribution is 5.95. The highest BCUT2D eigenvalue weighted by Crippen LogP contribution is 2.32. The Bertz CT molecular complexity index is 615. The minimum atomic E-state index is -0.143.